The first-order chi connectivity index (χ1) is 11.1. The Morgan fingerprint density at radius 1 is 0.833 bits per heavy atom. The Morgan fingerprint density at radius 3 is 1.54 bits per heavy atom. The molecule has 0 bridgehead atoms. The van der Waals surface area contributed by atoms with E-state index in [1.165, 1.54) is 0 Å². The minimum absolute atomic E-state index is 0.274. The molecule has 24 heavy (non-hydrogen) atoms. The van der Waals surface area contributed by atoms with Gasteiger partial charge in [-0.2, -0.15) is 23.5 Å². The zero-order valence-electron chi connectivity index (χ0n) is 16.7. The van der Waals surface area contributed by atoms with Gasteiger partial charge in [0, 0.05) is 35.7 Å². The van der Waals surface area contributed by atoms with Crippen molar-refractivity contribution in [3.8, 4) is 0 Å². The van der Waals surface area contributed by atoms with E-state index in [0.717, 1.165) is 37.6 Å². The van der Waals surface area contributed by atoms with Crippen LogP contribution in [0.5, 0.6) is 0 Å². The molecule has 0 aromatic carbocycles. The number of hydrogen-bond acceptors (Lipinski definition) is 5. The Morgan fingerprint density at radius 2 is 1.21 bits per heavy atom. The van der Waals surface area contributed by atoms with Gasteiger partial charge in [0.1, 0.15) is 0 Å². The average molecular weight is 370 g/mol. The molecule has 0 atom stereocenters. The summed E-state index contributed by atoms with van der Waals surface area (Å²) in [6.07, 6.45) is 4.36. The minimum atomic E-state index is 0.274. The highest BCUT2D eigenvalue weighted by molar-refractivity contribution is 8.00. The summed E-state index contributed by atoms with van der Waals surface area (Å²) in [7, 11) is 4.36. The standard InChI is InChI=1S/C19H35N3S2/c1-18(2,23-7)14-21(5)12-16-10-9-11-17(20-16)13-22(6)15-19(3,4)24-8/h9-11H,12-15H2,1-8H3. The molecular formula is C19H35N3S2. The number of rotatable bonds is 10. The predicted molar refractivity (Wildman–Crippen MR) is 112 cm³/mol. The highest BCUT2D eigenvalue weighted by Crippen LogP contribution is 2.23. The number of thioether (sulfide) groups is 2. The van der Waals surface area contributed by atoms with Crippen molar-refractivity contribution in [2.75, 3.05) is 39.7 Å². The van der Waals surface area contributed by atoms with Crippen LogP contribution in [0.25, 0.3) is 0 Å². The number of hydrogen-bond donors (Lipinski definition) is 0. The lowest BCUT2D eigenvalue weighted by Crippen LogP contribution is -2.34. The zero-order chi connectivity index (χ0) is 18.4. The van der Waals surface area contributed by atoms with Crippen molar-refractivity contribution < 1.29 is 0 Å². The second kappa shape index (κ2) is 9.46. The average Bonchev–Trinajstić information content (AvgIpc) is 2.46. The van der Waals surface area contributed by atoms with E-state index in [2.05, 4.69) is 82.3 Å². The molecule has 0 aliphatic rings. The maximum atomic E-state index is 4.87. The molecule has 0 amide bonds. The summed E-state index contributed by atoms with van der Waals surface area (Å²) >= 11 is 3.83. The van der Waals surface area contributed by atoms with Crippen LogP contribution in [-0.2, 0) is 13.1 Å². The Bertz CT molecular complexity index is 462. The molecule has 0 aliphatic carbocycles. The van der Waals surface area contributed by atoms with Gasteiger partial charge in [0.2, 0.25) is 0 Å². The van der Waals surface area contributed by atoms with Crippen molar-refractivity contribution >= 4 is 23.5 Å². The van der Waals surface area contributed by atoms with Crippen LogP contribution in [-0.4, -0.2) is 64.0 Å². The van der Waals surface area contributed by atoms with Crippen molar-refractivity contribution in [2.24, 2.45) is 0 Å². The number of aromatic nitrogens is 1. The second-order valence-electron chi connectivity index (χ2n) is 7.89. The highest BCUT2D eigenvalue weighted by Gasteiger charge is 2.20. The zero-order valence-corrected chi connectivity index (χ0v) is 18.4. The third-order valence-corrected chi connectivity index (χ3v) is 6.60. The van der Waals surface area contributed by atoms with Gasteiger partial charge in [-0.1, -0.05) is 6.07 Å². The van der Waals surface area contributed by atoms with E-state index in [4.69, 9.17) is 4.98 Å². The molecule has 0 saturated carbocycles. The third-order valence-electron chi connectivity index (χ3n) is 4.13. The smallest absolute Gasteiger partial charge is 0.0547 e. The summed E-state index contributed by atoms with van der Waals surface area (Å²) < 4.78 is 0.548. The van der Waals surface area contributed by atoms with Crippen LogP contribution in [0.2, 0.25) is 0 Å². The van der Waals surface area contributed by atoms with E-state index in [1.807, 2.05) is 23.5 Å². The fraction of sp³-hybridized carbons (Fsp3) is 0.737. The Kier molecular flexibility index (Phi) is 8.60. The highest BCUT2D eigenvalue weighted by atomic mass is 32.2. The summed E-state index contributed by atoms with van der Waals surface area (Å²) in [6.45, 7) is 13.1. The van der Waals surface area contributed by atoms with Gasteiger partial charge >= 0.3 is 0 Å². The van der Waals surface area contributed by atoms with Crippen LogP contribution in [0, 0.1) is 0 Å². The summed E-state index contributed by atoms with van der Waals surface area (Å²) in [4.78, 5) is 9.60. The van der Waals surface area contributed by atoms with Gasteiger partial charge in [0.15, 0.2) is 0 Å². The monoisotopic (exact) mass is 369 g/mol. The minimum Gasteiger partial charge on any atom is -0.299 e. The first-order valence-corrected chi connectivity index (χ1v) is 10.9. The molecule has 3 nitrogen and oxygen atoms in total. The Labute approximate surface area is 158 Å². The maximum absolute atomic E-state index is 4.87. The van der Waals surface area contributed by atoms with E-state index in [-0.39, 0.29) is 9.49 Å². The fourth-order valence-corrected chi connectivity index (χ4v) is 3.50. The summed E-state index contributed by atoms with van der Waals surface area (Å²) in [5, 5.41) is 0. The van der Waals surface area contributed by atoms with Gasteiger partial charge in [-0.05, 0) is 66.4 Å². The van der Waals surface area contributed by atoms with Crippen molar-refractivity contribution in [1.82, 2.24) is 14.8 Å². The topological polar surface area (TPSA) is 19.4 Å². The van der Waals surface area contributed by atoms with E-state index < -0.39 is 0 Å². The largest absolute Gasteiger partial charge is 0.299 e. The summed E-state index contributed by atoms with van der Waals surface area (Å²) in [5.74, 6) is 0. The molecule has 5 heteroatoms. The fourth-order valence-electron chi connectivity index (χ4n) is 2.80. The second-order valence-corrected chi connectivity index (χ2v) is 10.9. The molecule has 1 heterocycles. The van der Waals surface area contributed by atoms with Gasteiger partial charge in [-0.25, -0.2) is 0 Å². The van der Waals surface area contributed by atoms with Crippen molar-refractivity contribution in [2.45, 2.75) is 50.3 Å². The maximum Gasteiger partial charge on any atom is 0.0547 e. The molecule has 1 rings (SSSR count). The van der Waals surface area contributed by atoms with Gasteiger partial charge < -0.3 is 0 Å². The van der Waals surface area contributed by atoms with E-state index >= 15 is 0 Å². The molecule has 1 aromatic heterocycles. The summed E-state index contributed by atoms with van der Waals surface area (Å²) in [5.41, 5.74) is 2.31. The quantitative estimate of drug-likeness (QED) is 0.613. The first kappa shape index (κ1) is 21.8. The summed E-state index contributed by atoms with van der Waals surface area (Å²) in [6, 6.07) is 6.41. The molecule has 0 saturated heterocycles. The number of pyridine rings is 1. The number of nitrogens with zero attached hydrogens (tertiary/aromatic N) is 3. The van der Waals surface area contributed by atoms with E-state index in [9.17, 15) is 0 Å². The molecule has 138 valence electrons. The van der Waals surface area contributed by atoms with Crippen LogP contribution in [0.4, 0.5) is 0 Å². The van der Waals surface area contributed by atoms with Crippen LogP contribution < -0.4 is 0 Å². The van der Waals surface area contributed by atoms with Crippen LogP contribution in [0.15, 0.2) is 18.2 Å². The van der Waals surface area contributed by atoms with Gasteiger partial charge in [0.25, 0.3) is 0 Å². The predicted octanol–water partition coefficient (Wildman–Crippen LogP) is 4.23. The molecule has 0 fully saturated rings. The van der Waals surface area contributed by atoms with Crippen LogP contribution in [0.1, 0.15) is 39.1 Å². The lowest BCUT2D eigenvalue weighted by atomic mass is 10.2. The SMILES string of the molecule is CSC(C)(C)CN(C)Cc1cccc(CN(C)CC(C)(C)SC)n1. The van der Waals surface area contributed by atoms with E-state index in [1.54, 1.807) is 0 Å². The molecular weight excluding hydrogens is 334 g/mol. The lowest BCUT2D eigenvalue weighted by molar-refractivity contribution is 0.292. The van der Waals surface area contributed by atoms with Crippen molar-refractivity contribution in [3.63, 3.8) is 0 Å². The molecule has 0 N–H and O–H groups in total. The third kappa shape index (κ3) is 8.24. The first-order valence-electron chi connectivity index (χ1n) is 8.49. The van der Waals surface area contributed by atoms with Crippen molar-refractivity contribution in [1.29, 1.82) is 0 Å². The Hall–Kier alpha value is -0.230. The molecule has 0 radical (unpaired) electrons. The van der Waals surface area contributed by atoms with Crippen molar-refractivity contribution in [3.05, 3.63) is 29.6 Å². The van der Waals surface area contributed by atoms with Crippen LogP contribution >= 0.6 is 23.5 Å². The van der Waals surface area contributed by atoms with Gasteiger partial charge in [-0.15, -0.1) is 0 Å². The molecule has 0 unspecified atom stereocenters. The molecule has 0 spiro atoms. The van der Waals surface area contributed by atoms with Gasteiger partial charge in [0.05, 0.1) is 11.4 Å². The van der Waals surface area contributed by atoms with Crippen LogP contribution in [0.3, 0.4) is 0 Å². The lowest BCUT2D eigenvalue weighted by Gasteiger charge is -2.29. The molecule has 1 aromatic rings. The van der Waals surface area contributed by atoms with E-state index in [0.29, 0.717) is 0 Å². The normalized spacial score (nSPS) is 13.1. The molecule has 0 aliphatic heterocycles. The Balaban J connectivity index is 2.63. The van der Waals surface area contributed by atoms with Gasteiger partial charge in [-0.3, -0.25) is 14.8 Å².